The van der Waals surface area contributed by atoms with Crippen molar-refractivity contribution < 1.29 is 18.7 Å². The largest absolute Gasteiger partial charge is 0.452 e. The zero-order chi connectivity index (χ0) is 16.1. The average Bonchev–Trinajstić information content (AvgIpc) is 2.47. The van der Waals surface area contributed by atoms with Crippen LogP contribution in [0.25, 0.3) is 0 Å². The first-order valence-corrected chi connectivity index (χ1v) is 7.16. The van der Waals surface area contributed by atoms with Crippen LogP contribution in [0, 0.1) is 5.82 Å². The molecule has 22 heavy (non-hydrogen) atoms. The molecule has 0 aliphatic heterocycles. The molecule has 114 valence electrons. The van der Waals surface area contributed by atoms with Gasteiger partial charge in [0, 0.05) is 10.7 Å². The molecule has 1 aromatic carbocycles. The Bertz CT molecular complexity index is 727. The minimum atomic E-state index is -0.726. The van der Waals surface area contributed by atoms with Crippen molar-refractivity contribution >= 4 is 45.1 Å². The highest BCUT2D eigenvalue weighted by Gasteiger charge is 2.12. The van der Waals surface area contributed by atoms with E-state index in [2.05, 4.69) is 26.2 Å². The molecule has 0 atom stereocenters. The first kappa shape index (κ1) is 16.4. The molecule has 0 aliphatic carbocycles. The van der Waals surface area contributed by atoms with E-state index in [0.717, 1.165) is 0 Å². The lowest BCUT2D eigenvalue weighted by Crippen LogP contribution is -2.21. The van der Waals surface area contributed by atoms with Gasteiger partial charge in [-0.3, -0.25) is 4.79 Å². The van der Waals surface area contributed by atoms with Crippen molar-refractivity contribution in [1.29, 1.82) is 0 Å². The van der Waals surface area contributed by atoms with Gasteiger partial charge in [-0.05, 0) is 30.3 Å². The van der Waals surface area contributed by atoms with Crippen LogP contribution in [0.1, 0.15) is 10.4 Å². The Morgan fingerprint density at radius 2 is 2.09 bits per heavy atom. The number of ether oxygens (including phenoxy) is 1. The Kier molecular flexibility index (Phi) is 5.46. The summed E-state index contributed by atoms with van der Waals surface area (Å²) < 4.78 is 18.9. The SMILES string of the molecule is O=C(COC(=O)c1ccnc(Cl)c1)Nc1ccc(Br)cc1F. The van der Waals surface area contributed by atoms with Gasteiger partial charge in [0.25, 0.3) is 5.91 Å². The van der Waals surface area contributed by atoms with Crippen LogP contribution in [0.3, 0.4) is 0 Å². The van der Waals surface area contributed by atoms with E-state index in [1.807, 2.05) is 0 Å². The molecule has 0 aliphatic rings. The summed E-state index contributed by atoms with van der Waals surface area (Å²) >= 11 is 8.75. The van der Waals surface area contributed by atoms with Gasteiger partial charge in [-0.25, -0.2) is 14.2 Å². The quantitative estimate of drug-likeness (QED) is 0.645. The summed E-state index contributed by atoms with van der Waals surface area (Å²) in [6.45, 7) is -0.547. The first-order chi connectivity index (χ1) is 10.5. The van der Waals surface area contributed by atoms with Gasteiger partial charge in [0.05, 0.1) is 11.3 Å². The average molecular weight is 388 g/mol. The molecule has 0 radical (unpaired) electrons. The minimum absolute atomic E-state index is 0.00351. The van der Waals surface area contributed by atoms with Crippen LogP contribution in [0.2, 0.25) is 5.15 Å². The fourth-order valence-corrected chi connectivity index (χ4v) is 2.03. The van der Waals surface area contributed by atoms with Crippen molar-refractivity contribution in [2.24, 2.45) is 0 Å². The standard InChI is InChI=1S/C14H9BrClFN2O3/c15-9-1-2-11(10(17)6-9)19-13(20)7-22-14(21)8-3-4-18-12(16)5-8/h1-6H,7H2,(H,19,20). The number of hydrogen-bond acceptors (Lipinski definition) is 4. The molecule has 0 fully saturated rings. The fraction of sp³-hybridized carbons (Fsp3) is 0.0714. The smallest absolute Gasteiger partial charge is 0.338 e. The molecule has 5 nitrogen and oxygen atoms in total. The zero-order valence-electron chi connectivity index (χ0n) is 11.0. The van der Waals surface area contributed by atoms with Gasteiger partial charge in [-0.2, -0.15) is 0 Å². The summed E-state index contributed by atoms with van der Waals surface area (Å²) in [7, 11) is 0. The van der Waals surface area contributed by atoms with E-state index in [1.165, 1.54) is 30.5 Å². The number of carbonyl (C=O) groups is 2. The topological polar surface area (TPSA) is 68.3 Å². The van der Waals surface area contributed by atoms with Crippen molar-refractivity contribution in [3.63, 3.8) is 0 Å². The lowest BCUT2D eigenvalue weighted by atomic mass is 10.3. The summed E-state index contributed by atoms with van der Waals surface area (Å²) in [6, 6.07) is 6.89. The van der Waals surface area contributed by atoms with E-state index in [4.69, 9.17) is 16.3 Å². The molecule has 1 aromatic heterocycles. The third kappa shape index (κ3) is 4.51. The number of nitrogens with one attached hydrogen (secondary N) is 1. The van der Waals surface area contributed by atoms with Gasteiger partial charge in [-0.15, -0.1) is 0 Å². The summed E-state index contributed by atoms with van der Waals surface area (Å²) in [5.41, 5.74) is 0.166. The minimum Gasteiger partial charge on any atom is -0.452 e. The molecule has 0 saturated heterocycles. The molecule has 0 bridgehead atoms. The summed E-state index contributed by atoms with van der Waals surface area (Å²) in [5, 5.41) is 2.44. The van der Waals surface area contributed by atoms with E-state index in [-0.39, 0.29) is 16.4 Å². The lowest BCUT2D eigenvalue weighted by Gasteiger charge is -2.07. The number of benzene rings is 1. The van der Waals surface area contributed by atoms with Crippen LogP contribution >= 0.6 is 27.5 Å². The Morgan fingerprint density at radius 1 is 1.32 bits per heavy atom. The predicted octanol–water partition coefficient (Wildman–Crippen LogP) is 3.43. The number of rotatable bonds is 4. The van der Waals surface area contributed by atoms with Crippen LogP contribution in [-0.4, -0.2) is 23.5 Å². The van der Waals surface area contributed by atoms with Gasteiger partial charge < -0.3 is 10.1 Å². The number of pyridine rings is 1. The van der Waals surface area contributed by atoms with E-state index >= 15 is 0 Å². The van der Waals surface area contributed by atoms with Crippen LogP contribution in [0.15, 0.2) is 41.0 Å². The third-order valence-electron chi connectivity index (χ3n) is 2.50. The molecule has 0 saturated carbocycles. The Morgan fingerprint density at radius 3 is 2.77 bits per heavy atom. The normalized spacial score (nSPS) is 10.1. The Labute approximate surface area is 138 Å². The van der Waals surface area contributed by atoms with Crippen LogP contribution in [0.4, 0.5) is 10.1 Å². The van der Waals surface area contributed by atoms with Gasteiger partial charge in [0.2, 0.25) is 0 Å². The lowest BCUT2D eigenvalue weighted by molar-refractivity contribution is -0.119. The molecule has 8 heteroatoms. The van der Waals surface area contributed by atoms with E-state index < -0.39 is 24.3 Å². The highest BCUT2D eigenvalue weighted by molar-refractivity contribution is 9.10. The number of hydrogen-bond donors (Lipinski definition) is 1. The first-order valence-electron chi connectivity index (χ1n) is 5.99. The number of carbonyl (C=O) groups excluding carboxylic acids is 2. The number of aromatic nitrogens is 1. The molecule has 0 unspecified atom stereocenters. The van der Waals surface area contributed by atoms with Gasteiger partial charge >= 0.3 is 5.97 Å². The predicted molar refractivity (Wildman–Crippen MR) is 82.3 cm³/mol. The highest BCUT2D eigenvalue weighted by atomic mass is 79.9. The van der Waals surface area contributed by atoms with Crippen molar-refractivity contribution in [1.82, 2.24) is 4.98 Å². The van der Waals surface area contributed by atoms with Gasteiger partial charge in [0.1, 0.15) is 11.0 Å². The molecule has 1 N–H and O–H groups in total. The summed E-state index contributed by atoms with van der Waals surface area (Å²) in [4.78, 5) is 27.1. The number of amides is 1. The van der Waals surface area contributed by atoms with Crippen molar-refractivity contribution in [2.45, 2.75) is 0 Å². The maximum atomic E-state index is 13.5. The second-order valence-corrected chi connectivity index (χ2v) is 5.42. The second-order valence-electron chi connectivity index (χ2n) is 4.12. The summed E-state index contributed by atoms with van der Waals surface area (Å²) in [6.07, 6.45) is 1.34. The van der Waals surface area contributed by atoms with Gasteiger partial charge in [-0.1, -0.05) is 27.5 Å². The third-order valence-corrected chi connectivity index (χ3v) is 3.20. The van der Waals surface area contributed by atoms with E-state index in [1.54, 1.807) is 6.07 Å². The maximum Gasteiger partial charge on any atom is 0.338 e. The zero-order valence-corrected chi connectivity index (χ0v) is 13.3. The monoisotopic (exact) mass is 386 g/mol. The van der Waals surface area contributed by atoms with Crippen LogP contribution in [0.5, 0.6) is 0 Å². The molecule has 2 aromatic rings. The van der Waals surface area contributed by atoms with Crippen LogP contribution in [-0.2, 0) is 9.53 Å². The molecular weight excluding hydrogens is 379 g/mol. The molecule has 1 amide bonds. The number of esters is 1. The highest BCUT2D eigenvalue weighted by Crippen LogP contribution is 2.19. The maximum absolute atomic E-state index is 13.5. The number of halogens is 3. The number of anilines is 1. The molecule has 2 rings (SSSR count). The molecule has 0 spiro atoms. The van der Waals surface area contributed by atoms with E-state index in [0.29, 0.717) is 4.47 Å². The molecule has 1 heterocycles. The van der Waals surface area contributed by atoms with Crippen LogP contribution < -0.4 is 5.32 Å². The fourth-order valence-electron chi connectivity index (χ4n) is 1.52. The Hall–Kier alpha value is -1.99. The van der Waals surface area contributed by atoms with Crippen molar-refractivity contribution in [3.05, 3.63) is 57.5 Å². The molecular formula is C14H9BrClFN2O3. The Balaban J connectivity index is 1.91. The van der Waals surface area contributed by atoms with Crippen molar-refractivity contribution in [2.75, 3.05) is 11.9 Å². The van der Waals surface area contributed by atoms with Crippen molar-refractivity contribution in [3.8, 4) is 0 Å². The van der Waals surface area contributed by atoms with E-state index in [9.17, 15) is 14.0 Å². The second kappa shape index (κ2) is 7.33. The summed E-state index contributed by atoms with van der Waals surface area (Å²) in [5.74, 6) is -1.99. The number of nitrogens with zero attached hydrogens (tertiary/aromatic N) is 1. The van der Waals surface area contributed by atoms with Gasteiger partial charge in [0.15, 0.2) is 6.61 Å².